The van der Waals surface area contributed by atoms with Gasteiger partial charge in [0, 0.05) is 12.7 Å². The average molecular weight is 249 g/mol. The highest BCUT2D eigenvalue weighted by Crippen LogP contribution is 2.27. The van der Waals surface area contributed by atoms with Crippen molar-refractivity contribution in [3.8, 4) is 5.82 Å². The Balaban J connectivity index is 2.74. The van der Waals surface area contributed by atoms with Gasteiger partial charge < -0.3 is 0 Å². The highest BCUT2D eigenvalue weighted by molar-refractivity contribution is 5.52. The number of hydrogen-bond acceptors (Lipinski definition) is 4. The molecule has 0 aliphatic carbocycles. The maximum absolute atomic E-state index is 11.2. The van der Waals surface area contributed by atoms with Crippen LogP contribution in [0.15, 0.2) is 6.07 Å². The molecular formula is C11H15N5O2. The standard InChI is InChI=1S/C11H15N5O2/c1-5-9-10(16(17)18)11(14(4)13-9)15-8(3)6-7(2)12-15/h6H,5H2,1-4H3. The van der Waals surface area contributed by atoms with E-state index in [1.165, 1.54) is 4.68 Å². The van der Waals surface area contributed by atoms with Gasteiger partial charge in [0.15, 0.2) is 0 Å². The summed E-state index contributed by atoms with van der Waals surface area (Å²) in [6, 6.07) is 1.88. The summed E-state index contributed by atoms with van der Waals surface area (Å²) in [5, 5.41) is 19.7. The largest absolute Gasteiger partial charge is 0.336 e. The van der Waals surface area contributed by atoms with Gasteiger partial charge in [-0.2, -0.15) is 10.2 Å². The fourth-order valence-corrected chi connectivity index (χ4v) is 2.06. The van der Waals surface area contributed by atoms with Crippen LogP contribution in [0.1, 0.15) is 24.0 Å². The third kappa shape index (κ3) is 1.77. The van der Waals surface area contributed by atoms with E-state index in [-0.39, 0.29) is 5.69 Å². The lowest BCUT2D eigenvalue weighted by atomic mass is 10.3. The molecule has 2 heterocycles. The molecule has 0 saturated heterocycles. The summed E-state index contributed by atoms with van der Waals surface area (Å²) in [4.78, 5) is 10.8. The summed E-state index contributed by atoms with van der Waals surface area (Å²) in [5.74, 6) is 0.405. The van der Waals surface area contributed by atoms with Gasteiger partial charge in [0.25, 0.3) is 0 Å². The molecule has 0 aromatic carbocycles. The van der Waals surface area contributed by atoms with E-state index in [2.05, 4.69) is 10.2 Å². The van der Waals surface area contributed by atoms with Gasteiger partial charge in [-0.05, 0) is 26.3 Å². The first kappa shape index (κ1) is 12.3. The topological polar surface area (TPSA) is 78.8 Å². The van der Waals surface area contributed by atoms with E-state index >= 15 is 0 Å². The Hall–Kier alpha value is -2.18. The molecule has 0 radical (unpaired) electrons. The molecule has 0 fully saturated rings. The minimum Gasteiger partial charge on any atom is -0.258 e. The van der Waals surface area contributed by atoms with Crippen molar-refractivity contribution in [2.45, 2.75) is 27.2 Å². The van der Waals surface area contributed by atoms with Crippen LogP contribution < -0.4 is 0 Å². The number of aromatic nitrogens is 4. The van der Waals surface area contributed by atoms with Crippen molar-refractivity contribution < 1.29 is 4.92 Å². The Morgan fingerprint density at radius 2 is 2.06 bits per heavy atom. The summed E-state index contributed by atoms with van der Waals surface area (Å²) < 4.78 is 3.08. The Kier molecular flexibility index (Phi) is 2.90. The lowest BCUT2D eigenvalue weighted by molar-refractivity contribution is -0.385. The van der Waals surface area contributed by atoms with Crippen LogP contribution in [0.25, 0.3) is 5.82 Å². The summed E-state index contributed by atoms with van der Waals surface area (Å²) >= 11 is 0. The third-order valence-corrected chi connectivity index (χ3v) is 2.79. The monoisotopic (exact) mass is 249 g/mol. The van der Waals surface area contributed by atoms with Gasteiger partial charge in [-0.25, -0.2) is 9.36 Å². The molecule has 2 aromatic heterocycles. The third-order valence-electron chi connectivity index (χ3n) is 2.79. The van der Waals surface area contributed by atoms with Gasteiger partial charge in [-0.15, -0.1) is 0 Å². The number of rotatable bonds is 3. The summed E-state index contributed by atoms with van der Waals surface area (Å²) in [5.41, 5.74) is 2.18. The molecule has 0 amide bonds. The Morgan fingerprint density at radius 1 is 1.39 bits per heavy atom. The molecule has 0 N–H and O–H groups in total. The minimum atomic E-state index is -0.391. The molecule has 0 bridgehead atoms. The van der Waals surface area contributed by atoms with Crippen LogP contribution in [-0.4, -0.2) is 24.5 Å². The lowest BCUT2D eigenvalue weighted by Gasteiger charge is -2.03. The Morgan fingerprint density at radius 3 is 2.50 bits per heavy atom. The highest BCUT2D eigenvalue weighted by Gasteiger charge is 2.28. The number of aryl methyl sites for hydroxylation is 4. The molecule has 18 heavy (non-hydrogen) atoms. The molecule has 0 unspecified atom stereocenters. The van der Waals surface area contributed by atoms with Crippen LogP contribution in [0.2, 0.25) is 0 Å². The molecular weight excluding hydrogens is 234 g/mol. The molecule has 2 aromatic rings. The van der Waals surface area contributed by atoms with Gasteiger partial charge in [0.05, 0.1) is 10.6 Å². The number of nitro groups is 1. The normalized spacial score (nSPS) is 10.9. The summed E-state index contributed by atoms with van der Waals surface area (Å²) in [6.45, 7) is 5.56. The predicted octanol–water partition coefficient (Wildman–Crippen LogP) is 1.69. The van der Waals surface area contributed by atoms with Crippen molar-refractivity contribution in [1.82, 2.24) is 19.6 Å². The second-order valence-corrected chi connectivity index (χ2v) is 4.19. The van der Waals surface area contributed by atoms with E-state index in [0.29, 0.717) is 17.9 Å². The van der Waals surface area contributed by atoms with Crippen molar-refractivity contribution in [2.75, 3.05) is 0 Å². The molecule has 0 spiro atoms. The van der Waals surface area contributed by atoms with Gasteiger partial charge >= 0.3 is 5.69 Å². The van der Waals surface area contributed by atoms with Crippen LogP contribution in [0.3, 0.4) is 0 Å². The first-order chi connectivity index (χ1) is 8.45. The van der Waals surface area contributed by atoms with Gasteiger partial charge in [-0.1, -0.05) is 6.92 Å². The molecule has 2 rings (SSSR count). The minimum absolute atomic E-state index is 0.0335. The molecule has 0 aliphatic rings. The number of nitrogens with zero attached hydrogens (tertiary/aromatic N) is 5. The maximum Gasteiger partial charge on any atom is 0.336 e. The first-order valence-electron chi connectivity index (χ1n) is 5.69. The van der Waals surface area contributed by atoms with E-state index in [4.69, 9.17) is 0 Å². The summed E-state index contributed by atoms with van der Waals surface area (Å²) in [6.07, 6.45) is 0.517. The molecule has 7 heteroatoms. The lowest BCUT2D eigenvalue weighted by Crippen LogP contribution is -2.08. The van der Waals surface area contributed by atoms with Gasteiger partial charge in [-0.3, -0.25) is 10.1 Å². The molecule has 0 atom stereocenters. The van der Waals surface area contributed by atoms with Crippen LogP contribution >= 0.6 is 0 Å². The van der Waals surface area contributed by atoms with E-state index in [0.717, 1.165) is 11.4 Å². The molecule has 0 aliphatic heterocycles. The van der Waals surface area contributed by atoms with Crippen LogP contribution in [0, 0.1) is 24.0 Å². The maximum atomic E-state index is 11.2. The molecule has 7 nitrogen and oxygen atoms in total. The van der Waals surface area contributed by atoms with Crippen molar-refractivity contribution in [3.05, 3.63) is 33.3 Å². The zero-order chi connectivity index (χ0) is 13.4. The highest BCUT2D eigenvalue weighted by atomic mass is 16.6. The van der Waals surface area contributed by atoms with Crippen LogP contribution in [0.5, 0.6) is 0 Å². The zero-order valence-electron chi connectivity index (χ0n) is 10.8. The predicted molar refractivity (Wildman–Crippen MR) is 65.8 cm³/mol. The van der Waals surface area contributed by atoms with Crippen molar-refractivity contribution in [2.24, 2.45) is 7.05 Å². The zero-order valence-corrected chi connectivity index (χ0v) is 10.8. The Bertz CT molecular complexity index is 611. The first-order valence-corrected chi connectivity index (χ1v) is 5.69. The SMILES string of the molecule is CCc1nn(C)c(-n2nc(C)cc2C)c1[N+](=O)[O-]. The smallest absolute Gasteiger partial charge is 0.258 e. The van der Waals surface area contributed by atoms with Gasteiger partial charge in [0.2, 0.25) is 5.82 Å². The quantitative estimate of drug-likeness (QED) is 0.612. The fourth-order valence-electron chi connectivity index (χ4n) is 2.06. The van der Waals surface area contributed by atoms with E-state index in [1.807, 2.05) is 26.8 Å². The molecule has 0 saturated carbocycles. The van der Waals surface area contributed by atoms with Gasteiger partial charge in [0.1, 0.15) is 5.69 Å². The van der Waals surface area contributed by atoms with Crippen molar-refractivity contribution in [1.29, 1.82) is 0 Å². The molecule has 96 valence electrons. The van der Waals surface area contributed by atoms with Crippen molar-refractivity contribution in [3.63, 3.8) is 0 Å². The Labute approximate surface area is 104 Å². The summed E-state index contributed by atoms with van der Waals surface area (Å²) in [7, 11) is 1.69. The van der Waals surface area contributed by atoms with E-state index in [1.54, 1.807) is 11.7 Å². The van der Waals surface area contributed by atoms with Crippen LogP contribution in [0.4, 0.5) is 5.69 Å². The van der Waals surface area contributed by atoms with Crippen molar-refractivity contribution >= 4 is 5.69 Å². The second kappa shape index (κ2) is 4.25. The van der Waals surface area contributed by atoms with E-state index in [9.17, 15) is 10.1 Å². The second-order valence-electron chi connectivity index (χ2n) is 4.19. The fraction of sp³-hybridized carbons (Fsp3) is 0.455. The van der Waals surface area contributed by atoms with E-state index < -0.39 is 4.92 Å². The average Bonchev–Trinajstić information content (AvgIpc) is 2.78. The van der Waals surface area contributed by atoms with Crippen LogP contribution in [-0.2, 0) is 13.5 Å². The number of hydrogen-bond donors (Lipinski definition) is 0.